The monoisotopic (exact) mass is 500 g/mol. The van der Waals surface area contributed by atoms with Gasteiger partial charge in [0.15, 0.2) is 0 Å². The van der Waals surface area contributed by atoms with E-state index in [0.717, 1.165) is 4.47 Å². The van der Waals surface area contributed by atoms with Crippen molar-refractivity contribution in [3.8, 4) is 22.3 Å². The van der Waals surface area contributed by atoms with E-state index in [9.17, 15) is 0 Å². The molecule has 0 atom stereocenters. The summed E-state index contributed by atoms with van der Waals surface area (Å²) in [5, 5.41) is 2.71. The third kappa shape index (κ3) is 2.08. The summed E-state index contributed by atoms with van der Waals surface area (Å²) in [7, 11) is 0. The number of benzene rings is 5. The highest BCUT2D eigenvalue weighted by Gasteiger charge is 2.52. The van der Waals surface area contributed by atoms with E-state index in [1.807, 2.05) is 11.3 Å². The highest BCUT2D eigenvalue weighted by Crippen LogP contribution is 2.64. The van der Waals surface area contributed by atoms with E-state index in [1.54, 1.807) is 0 Å². The molecular weight excluding hydrogens is 484 g/mol. The first-order valence-electron chi connectivity index (χ1n) is 11.2. The van der Waals surface area contributed by atoms with E-state index in [2.05, 4.69) is 119 Å². The first-order valence-corrected chi connectivity index (χ1v) is 12.8. The maximum Gasteiger partial charge on any atom is 0.0726 e. The van der Waals surface area contributed by atoms with E-state index in [0.29, 0.717) is 0 Å². The Kier molecular flexibility index (Phi) is 3.44. The van der Waals surface area contributed by atoms with Gasteiger partial charge in [0.25, 0.3) is 0 Å². The van der Waals surface area contributed by atoms with Crippen LogP contribution in [0.15, 0.2) is 108 Å². The van der Waals surface area contributed by atoms with Crippen molar-refractivity contribution >= 4 is 47.4 Å². The van der Waals surface area contributed by atoms with Crippen LogP contribution in [-0.4, -0.2) is 0 Å². The summed E-state index contributed by atoms with van der Waals surface area (Å²) < 4.78 is 3.88. The van der Waals surface area contributed by atoms with Crippen molar-refractivity contribution in [1.29, 1.82) is 0 Å². The molecule has 0 radical (unpaired) electrons. The van der Waals surface area contributed by atoms with Crippen LogP contribution in [0.4, 0.5) is 0 Å². The summed E-state index contributed by atoms with van der Waals surface area (Å²) in [6, 6.07) is 38.4. The van der Waals surface area contributed by atoms with Crippen LogP contribution in [0.2, 0.25) is 0 Å². The summed E-state index contributed by atoms with van der Waals surface area (Å²) in [5.74, 6) is 0. The number of hydrogen-bond donors (Lipinski definition) is 0. The minimum absolute atomic E-state index is 0.286. The number of fused-ring (bicyclic) bond motifs is 14. The molecule has 1 heterocycles. The molecule has 0 N–H and O–H groups in total. The third-order valence-corrected chi connectivity index (χ3v) is 9.26. The molecule has 33 heavy (non-hydrogen) atoms. The van der Waals surface area contributed by atoms with Crippen LogP contribution < -0.4 is 0 Å². The van der Waals surface area contributed by atoms with Crippen molar-refractivity contribution in [2.24, 2.45) is 0 Å². The maximum absolute atomic E-state index is 3.80. The van der Waals surface area contributed by atoms with Crippen molar-refractivity contribution < 1.29 is 0 Å². The fourth-order valence-electron chi connectivity index (χ4n) is 6.37. The Bertz CT molecular complexity index is 1740. The highest BCUT2D eigenvalue weighted by molar-refractivity contribution is 9.10. The predicted molar refractivity (Wildman–Crippen MR) is 143 cm³/mol. The molecule has 0 fully saturated rings. The standard InChI is InChI=1S/C31H17BrS/c32-18-13-14-23-27(17-18)31(24-10-4-1-7-19(24)20-8-2-5-11-25(20)31)26-16-15-22-21-9-3-6-12-28(21)33-30(22)29(23)26/h1-17H. The normalized spacial score (nSPS) is 14.5. The molecule has 0 amide bonds. The van der Waals surface area contributed by atoms with Crippen LogP contribution >= 0.6 is 27.3 Å². The highest BCUT2D eigenvalue weighted by atomic mass is 79.9. The molecule has 0 unspecified atom stereocenters. The third-order valence-electron chi connectivity index (χ3n) is 7.56. The van der Waals surface area contributed by atoms with Crippen molar-refractivity contribution in [3.63, 3.8) is 0 Å². The van der Waals surface area contributed by atoms with E-state index in [-0.39, 0.29) is 5.41 Å². The zero-order valence-electron chi connectivity index (χ0n) is 17.6. The van der Waals surface area contributed by atoms with Gasteiger partial charge >= 0.3 is 0 Å². The van der Waals surface area contributed by atoms with Crippen LogP contribution in [0.3, 0.4) is 0 Å². The Labute approximate surface area is 204 Å². The number of rotatable bonds is 0. The van der Waals surface area contributed by atoms with Gasteiger partial charge in [-0.2, -0.15) is 0 Å². The Morgan fingerprint density at radius 3 is 2.03 bits per heavy atom. The molecule has 8 rings (SSSR count). The van der Waals surface area contributed by atoms with Gasteiger partial charge in [0.1, 0.15) is 0 Å². The molecule has 6 aromatic rings. The molecule has 0 saturated carbocycles. The van der Waals surface area contributed by atoms with Gasteiger partial charge in [-0.05, 0) is 57.1 Å². The van der Waals surface area contributed by atoms with Crippen molar-refractivity contribution in [2.45, 2.75) is 5.41 Å². The summed E-state index contributed by atoms with van der Waals surface area (Å²) in [6.07, 6.45) is 0. The van der Waals surface area contributed by atoms with Gasteiger partial charge in [-0.1, -0.05) is 101 Å². The first-order chi connectivity index (χ1) is 16.3. The molecule has 2 aliphatic carbocycles. The fourth-order valence-corrected chi connectivity index (χ4v) is 8.00. The second-order valence-electron chi connectivity index (χ2n) is 8.99. The van der Waals surface area contributed by atoms with Crippen LogP contribution in [0.1, 0.15) is 22.3 Å². The van der Waals surface area contributed by atoms with Gasteiger partial charge in [0.05, 0.1) is 5.41 Å². The van der Waals surface area contributed by atoms with Gasteiger partial charge < -0.3 is 0 Å². The largest absolute Gasteiger partial charge is 0.135 e. The first kappa shape index (κ1) is 18.3. The number of thiophene rings is 1. The number of hydrogen-bond acceptors (Lipinski definition) is 1. The molecule has 1 spiro atoms. The van der Waals surface area contributed by atoms with Gasteiger partial charge in [0, 0.05) is 30.2 Å². The van der Waals surface area contributed by atoms with E-state index >= 15 is 0 Å². The Morgan fingerprint density at radius 2 is 1.24 bits per heavy atom. The Balaban J connectivity index is 1.63. The lowest BCUT2D eigenvalue weighted by Crippen LogP contribution is -2.25. The van der Waals surface area contributed by atoms with Crippen LogP contribution in [0.25, 0.3) is 42.4 Å². The maximum atomic E-state index is 3.80. The van der Waals surface area contributed by atoms with Crippen LogP contribution in [0.5, 0.6) is 0 Å². The quantitative estimate of drug-likeness (QED) is 0.194. The summed E-state index contributed by atoms with van der Waals surface area (Å²) in [4.78, 5) is 0. The van der Waals surface area contributed by atoms with Crippen LogP contribution in [-0.2, 0) is 5.41 Å². The van der Waals surface area contributed by atoms with Gasteiger partial charge in [-0.25, -0.2) is 0 Å². The molecular formula is C31H17BrS. The molecule has 1 aromatic heterocycles. The van der Waals surface area contributed by atoms with E-state index in [4.69, 9.17) is 0 Å². The molecule has 5 aromatic carbocycles. The minimum Gasteiger partial charge on any atom is -0.135 e. The summed E-state index contributed by atoms with van der Waals surface area (Å²) in [5.41, 5.74) is 10.8. The summed E-state index contributed by atoms with van der Waals surface area (Å²) >= 11 is 5.73. The molecule has 154 valence electrons. The topological polar surface area (TPSA) is 0 Å². The molecule has 2 aliphatic rings. The number of halogens is 1. The molecule has 0 saturated heterocycles. The zero-order chi connectivity index (χ0) is 21.7. The van der Waals surface area contributed by atoms with E-state index < -0.39 is 0 Å². The molecule has 0 bridgehead atoms. The fraction of sp³-hybridized carbons (Fsp3) is 0.0323. The lowest BCUT2D eigenvalue weighted by Gasteiger charge is -2.30. The van der Waals surface area contributed by atoms with Crippen molar-refractivity contribution in [3.05, 3.63) is 130 Å². The predicted octanol–water partition coefficient (Wildman–Crippen LogP) is 9.16. The van der Waals surface area contributed by atoms with Gasteiger partial charge in [-0.3, -0.25) is 0 Å². The van der Waals surface area contributed by atoms with Gasteiger partial charge in [0.2, 0.25) is 0 Å². The smallest absolute Gasteiger partial charge is 0.0726 e. The van der Waals surface area contributed by atoms with E-state index in [1.165, 1.54) is 64.7 Å². The Hall–Kier alpha value is -3.20. The lowest BCUT2D eigenvalue weighted by atomic mass is 9.70. The zero-order valence-corrected chi connectivity index (χ0v) is 20.0. The second-order valence-corrected chi connectivity index (χ2v) is 11.0. The second kappa shape index (κ2) is 6.22. The lowest BCUT2D eigenvalue weighted by molar-refractivity contribution is 0.794. The Morgan fingerprint density at radius 1 is 0.545 bits per heavy atom. The van der Waals surface area contributed by atoms with Crippen LogP contribution in [0, 0.1) is 0 Å². The average molecular weight is 501 g/mol. The minimum atomic E-state index is -0.286. The SMILES string of the molecule is Brc1ccc2c(c1)C1(c3ccccc3-c3ccccc31)c1ccc3c(sc4ccccc43)c1-2. The molecule has 0 aliphatic heterocycles. The summed E-state index contributed by atoms with van der Waals surface area (Å²) in [6.45, 7) is 0. The molecule has 2 heteroatoms. The molecule has 0 nitrogen and oxygen atoms in total. The average Bonchev–Trinajstić information content (AvgIpc) is 3.47. The van der Waals surface area contributed by atoms with Crippen molar-refractivity contribution in [1.82, 2.24) is 0 Å². The van der Waals surface area contributed by atoms with Crippen molar-refractivity contribution in [2.75, 3.05) is 0 Å². The van der Waals surface area contributed by atoms with Gasteiger partial charge in [-0.15, -0.1) is 11.3 Å².